The highest BCUT2D eigenvalue weighted by molar-refractivity contribution is 7.80. The van der Waals surface area contributed by atoms with E-state index in [1.807, 2.05) is 0 Å². The number of benzene rings is 1. The van der Waals surface area contributed by atoms with Crippen molar-refractivity contribution in [1.29, 1.82) is 0 Å². The van der Waals surface area contributed by atoms with Crippen LogP contribution in [0.3, 0.4) is 0 Å². The van der Waals surface area contributed by atoms with E-state index in [0.29, 0.717) is 19.5 Å². The van der Waals surface area contributed by atoms with Crippen LogP contribution in [-0.2, 0) is 4.79 Å². The first-order chi connectivity index (χ1) is 9.56. The summed E-state index contributed by atoms with van der Waals surface area (Å²) in [4.78, 5) is 13.1. The van der Waals surface area contributed by atoms with E-state index < -0.39 is 11.6 Å². The van der Waals surface area contributed by atoms with Crippen LogP contribution in [0.4, 0.5) is 14.5 Å². The fourth-order valence-corrected chi connectivity index (χ4v) is 2.21. The number of rotatable bonds is 4. The van der Waals surface area contributed by atoms with Crippen LogP contribution in [0.2, 0.25) is 0 Å². The number of hydrogen-bond acceptors (Lipinski definition) is 2. The summed E-state index contributed by atoms with van der Waals surface area (Å²) in [5.74, 6) is -1.20. The van der Waals surface area contributed by atoms with Crippen LogP contribution in [0, 0.1) is 11.6 Å². The van der Waals surface area contributed by atoms with E-state index in [1.54, 1.807) is 4.90 Å². The molecule has 1 fully saturated rings. The van der Waals surface area contributed by atoms with E-state index >= 15 is 0 Å². The average Bonchev–Trinajstić information content (AvgIpc) is 2.79. The third kappa shape index (κ3) is 3.86. The lowest BCUT2D eigenvalue weighted by Crippen LogP contribution is -2.37. The molecule has 20 heavy (non-hydrogen) atoms. The third-order valence-corrected chi connectivity index (χ3v) is 3.26. The van der Waals surface area contributed by atoms with Gasteiger partial charge in [-0.05, 0) is 30.8 Å². The molecule has 1 amide bonds. The molecule has 0 bridgehead atoms. The maximum atomic E-state index is 13.4. The van der Waals surface area contributed by atoms with Gasteiger partial charge in [0.05, 0.1) is 5.69 Å². The number of nitrogens with zero attached hydrogens (tertiary/aromatic N) is 1. The van der Waals surface area contributed by atoms with Crippen LogP contribution < -0.4 is 10.6 Å². The maximum absolute atomic E-state index is 13.4. The van der Waals surface area contributed by atoms with Crippen LogP contribution in [0.25, 0.3) is 0 Å². The van der Waals surface area contributed by atoms with Crippen LogP contribution in [-0.4, -0.2) is 35.6 Å². The van der Waals surface area contributed by atoms with E-state index in [0.717, 1.165) is 25.1 Å². The predicted molar refractivity (Wildman–Crippen MR) is 76.4 cm³/mol. The molecule has 0 aromatic heterocycles. The van der Waals surface area contributed by atoms with Crippen molar-refractivity contribution in [3.63, 3.8) is 0 Å². The highest BCUT2D eigenvalue weighted by Gasteiger charge is 2.19. The number of carbonyl (C=O) groups excluding carboxylic acids is 1. The Labute approximate surface area is 121 Å². The number of thiocarbonyl (C=S) groups is 1. The second kappa shape index (κ2) is 6.60. The molecular weight excluding hydrogens is 284 g/mol. The van der Waals surface area contributed by atoms with Gasteiger partial charge in [0, 0.05) is 32.1 Å². The lowest BCUT2D eigenvalue weighted by molar-refractivity contribution is -0.127. The van der Waals surface area contributed by atoms with Gasteiger partial charge in [-0.1, -0.05) is 0 Å². The molecule has 1 aromatic rings. The third-order valence-electron chi connectivity index (χ3n) is 3.02. The van der Waals surface area contributed by atoms with Crippen LogP contribution in [0.1, 0.15) is 12.8 Å². The SMILES string of the molecule is O=C1CCCN1CCNC(=S)Nc1ccc(F)cc1F. The number of hydrogen-bond donors (Lipinski definition) is 2. The fourth-order valence-electron chi connectivity index (χ4n) is 2.00. The molecule has 108 valence electrons. The molecule has 2 N–H and O–H groups in total. The number of likely N-dealkylation sites (tertiary alicyclic amines) is 1. The summed E-state index contributed by atoms with van der Waals surface area (Å²) >= 11 is 5.01. The molecule has 0 aliphatic carbocycles. The lowest BCUT2D eigenvalue weighted by atomic mass is 10.3. The van der Waals surface area contributed by atoms with Crippen molar-refractivity contribution in [2.75, 3.05) is 25.0 Å². The van der Waals surface area contributed by atoms with Crippen molar-refractivity contribution < 1.29 is 13.6 Å². The van der Waals surface area contributed by atoms with Gasteiger partial charge in [0.2, 0.25) is 5.91 Å². The van der Waals surface area contributed by atoms with Gasteiger partial charge in [-0.2, -0.15) is 0 Å². The number of anilines is 1. The monoisotopic (exact) mass is 299 g/mol. The van der Waals surface area contributed by atoms with Crippen molar-refractivity contribution in [3.05, 3.63) is 29.8 Å². The van der Waals surface area contributed by atoms with Gasteiger partial charge >= 0.3 is 0 Å². The minimum absolute atomic E-state index is 0.112. The van der Waals surface area contributed by atoms with Gasteiger partial charge < -0.3 is 15.5 Å². The summed E-state index contributed by atoms with van der Waals surface area (Å²) in [6, 6.07) is 3.22. The van der Waals surface area contributed by atoms with Gasteiger partial charge in [0.15, 0.2) is 5.11 Å². The van der Waals surface area contributed by atoms with Gasteiger partial charge in [-0.3, -0.25) is 4.79 Å². The number of halogens is 2. The molecule has 1 aliphatic rings. The summed E-state index contributed by atoms with van der Waals surface area (Å²) in [5.41, 5.74) is 0.112. The van der Waals surface area contributed by atoms with Gasteiger partial charge in [-0.15, -0.1) is 0 Å². The van der Waals surface area contributed by atoms with E-state index in [9.17, 15) is 13.6 Å². The molecule has 0 radical (unpaired) electrons. The highest BCUT2D eigenvalue weighted by Crippen LogP contribution is 2.14. The van der Waals surface area contributed by atoms with Crippen molar-refractivity contribution in [3.8, 4) is 0 Å². The minimum Gasteiger partial charge on any atom is -0.361 e. The lowest BCUT2D eigenvalue weighted by Gasteiger charge is -2.17. The zero-order valence-corrected chi connectivity index (χ0v) is 11.6. The Balaban J connectivity index is 1.76. The van der Waals surface area contributed by atoms with E-state index in [1.165, 1.54) is 6.07 Å². The summed E-state index contributed by atoms with van der Waals surface area (Å²) in [7, 11) is 0. The summed E-state index contributed by atoms with van der Waals surface area (Å²) in [6.07, 6.45) is 1.49. The molecule has 0 unspecified atom stereocenters. The van der Waals surface area contributed by atoms with Crippen molar-refractivity contribution in [2.24, 2.45) is 0 Å². The van der Waals surface area contributed by atoms with Gasteiger partial charge in [-0.25, -0.2) is 8.78 Å². The molecule has 0 saturated carbocycles. The van der Waals surface area contributed by atoms with Crippen LogP contribution in [0.5, 0.6) is 0 Å². The molecule has 0 spiro atoms. The topological polar surface area (TPSA) is 44.4 Å². The molecule has 4 nitrogen and oxygen atoms in total. The summed E-state index contributed by atoms with van der Waals surface area (Å²) in [5, 5.41) is 5.77. The molecule has 7 heteroatoms. The smallest absolute Gasteiger partial charge is 0.222 e. The van der Waals surface area contributed by atoms with E-state index in [-0.39, 0.29) is 16.7 Å². The number of amides is 1. The Bertz CT molecular complexity index is 524. The first-order valence-electron chi connectivity index (χ1n) is 6.34. The molecule has 1 aromatic carbocycles. The molecule has 1 heterocycles. The first kappa shape index (κ1) is 14.6. The molecular formula is C13H15F2N3OS. The maximum Gasteiger partial charge on any atom is 0.222 e. The first-order valence-corrected chi connectivity index (χ1v) is 6.75. The van der Waals surface area contributed by atoms with Crippen LogP contribution in [0.15, 0.2) is 18.2 Å². The Morgan fingerprint density at radius 1 is 1.40 bits per heavy atom. The Hall–Kier alpha value is -1.76. The Morgan fingerprint density at radius 2 is 2.20 bits per heavy atom. The van der Waals surface area contributed by atoms with Crippen molar-refractivity contribution >= 4 is 28.9 Å². The second-order valence-corrected chi connectivity index (χ2v) is 4.90. The normalized spacial score (nSPS) is 14.5. The largest absolute Gasteiger partial charge is 0.361 e. The number of nitrogens with one attached hydrogen (secondary N) is 2. The Kier molecular flexibility index (Phi) is 4.84. The zero-order valence-electron chi connectivity index (χ0n) is 10.8. The highest BCUT2D eigenvalue weighted by atomic mass is 32.1. The van der Waals surface area contributed by atoms with E-state index in [4.69, 9.17) is 12.2 Å². The summed E-state index contributed by atoms with van der Waals surface area (Å²) < 4.78 is 26.1. The predicted octanol–water partition coefficient (Wildman–Crippen LogP) is 1.87. The molecule has 2 rings (SSSR count). The minimum atomic E-state index is -0.705. The zero-order chi connectivity index (χ0) is 14.5. The van der Waals surface area contributed by atoms with E-state index in [2.05, 4.69) is 10.6 Å². The van der Waals surface area contributed by atoms with Crippen LogP contribution >= 0.6 is 12.2 Å². The molecule has 0 atom stereocenters. The Morgan fingerprint density at radius 3 is 2.85 bits per heavy atom. The quantitative estimate of drug-likeness (QED) is 0.833. The standard InChI is InChI=1S/C13H15F2N3OS/c14-9-3-4-11(10(15)8-9)17-13(20)16-5-7-18-6-1-2-12(18)19/h3-4,8H,1-2,5-7H2,(H2,16,17,20). The molecule has 1 aliphatic heterocycles. The van der Waals surface area contributed by atoms with Crippen molar-refractivity contribution in [1.82, 2.24) is 10.2 Å². The second-order valence-electron chi connectivity index (χ2n) is 4.49. The van der Waals surface area contributed by atoms with Gasteiger partial charge in [0.1, 0.15) is 11.6 Å². The fraction of sp³-hybridized carbons (Fsp3) is 0.385. The average molecular weight is 299 g/mol. The summed E-state index contributed by atoms with van der Waals surface area (Å²) in [6.45, 7) is 1.82. The number of carbonyl (C=O) groups is 1. The molecule has 1 saturated heterocycles. The van der Waals surface area contributed by atoms with Crippen molar-refractivity contribution in [2.45, 2.75) is 12.8 Å². The van der Waals surface area contributed by atoms with Gasteiger partial charge in [0.25, 0.3) is 0 Å².